The van der Waals surface area contributed by atoms with E-state index in [2.05, 4.69) is 5.32 Å². The van der Waals surface area contributed by atoms with E-state index in [1.807, 2.05) is 35.2 Å². The van der Waals surface area contributed by atoms with E-state index in [0.29, 0.717) is 38.1 Å². The Hall–Kier alpha value is -1.44. The predicted octanol–water partition coefficient (Wildman–Crippen LogP) is 1.58. The van der Waals surface area contributed by atoms with Crippen LogP contribution in [0.1, 0.15) is 37.7 Å². The monoisotopic (exact) mass is 391 g/mol. The first-order valence-corrected chi connectivity index (χ1v) is 11.7. The average molecular weight is 392 g/mol. The number of rotatable bonds is 4. The fourth-order valence-electron chi connectivity index (χ4n) is 4.79. The van der Waals surface area contributed by atoms with Gasteiger partial charge in [0, 0.05) is 32.2 Å². The lowest BCUT2D eigenvalue weighted by Crippen LogP contribution is -2.54. The van der Waals surface area contributed by atoms with Gasteiger partial charge in [0.2, 0.25) is 15.9 Å². The van der Waals surface area contributed by atoms with Crippen molar-refractivity contribution in [3.8, 4) is 0 Å². The number of nitrogens with one attached hydrogen (secondary N) is 1. The number of benzene rings is 1. The minimum Gasteiger partial charge on any atom is -0.339 e. The quantitative estimate of drug-likeness (QED) is 0.846. The van der Waals surface area contributed by atoms with Gasteiger partial charge in [-0.15, -0.1) is 0 Å². The van der Waals surface area contributed by atoms with Gasteiger partial charge in [-0.2, -0.15) is 4.31 Å². The second-order valence-corrected chi connectivity index (χ2v) is 10.0. The number of hydrogen-bond donors (Lipinski definition) is 1. The molecule has 1 saturated carbocycles. The second kappa shape index (κ2) is 7.89. The van der Waals surface area contributed by atoms with Crippen molar-refractivity contribution in [2.45, 2.75) is 49.9 Å². The Morgan fingerprint density at radius 2 is 1.74 bits per heavy atom. The maximum absolute atomic E-state index is 12.9. The van der Waals surface area contributed by atoms with Crippen molar-refractivity contribution in [1.82, 2.24) is 14.5 Å². The number of sulfonamides is 1. The number of hydrogen-bond acceptors (Lipinski definition) is 4. The Bertz CT molecular complexity index is 746. The molecular formula is C20H29N3O3S. The molecule has 1 aliphatic carbocycles. The molecule has 4 rings (SSSR count). The summed E-state index contributed by atoms with van der Waals surface area (Å²) in [6.07, 6.45) is 5.89. The van der Waals surface area contributed by atoms with Crippen LogP contribution in [-0.4, -0.2) is 61.8 Å². The molecule has 6 nitrogen and oxygen atoms in total. The Morgan fingerprint density at radius 3 is 2.44 bits per heavy atom. The van der Waals surface area contributed by atoms with Gasteiger partial charge in [-0.05, 0) is 30.7 Å². The Balaban J connectivity index is 1.31. The van der Waals surface area contributed by atoms with E-state index in [9.17, 15) is 13.2 Å². The molecule has 0 bridgehead atoms. The largest absolute Gasteiger partial charge is 0.339 e. The van der Waals surface area contributed by atoms with Crippen LogP contribution in [0.3, 0.4) is 0 Å². The van der Waals surface area contributed by atoms with Gasteiger partial charge < -0.3 is 10.2 Å². The standard InChI is InChI=1S/C20H29N3O3S/c24-20(19-14-17-8-4-5-9-18(17)21-19)22-10-12-23(13-11-22)27(25,26)15-16-6-2-1-3-7-16/h1-3,6-7,17-19,21H,4-5,8-15H2. The molecule has 0 aromatic heterocycles. The molecule has 1 aromatic rings. The van der Waals surface area contributed by atoms with Gasteiger partial charge in [-0.25, -0.2) is 8.42 Å². The highest BCUT2D eigenvalue weighted by Crippen LogP contribution is 2.33. The van der Waals surface area contributed by atoms with Crippen molar-refractivity contribution >= 4 is 15.9 Å². The highest BCUT2D eigenvalue weighted by atomic mass is 32.2. The summed E-state index contributed by atoms with van der Waals surface area (Å²) in [5.41, 5.74) is 0.800. The number of piperazine rings is 1. The van der Waals surface area contributed by atoms with E-state index in [-0.39, 0.29) is 17.7 Å². The first-order chi connectivity index (χ1) is 13.0. The lowest BCUT2D eigenvalue weighted by molar-refractivity contribution is -0.134. The summed E-state index contributed by atoms with van der Waals surface area (Å²) in [7, 11) is -3.34. The van der Waals surface area contributed by atoms with E-state index in [4.69, 9.17) is 0 Å². The van der Waals surface area contributed by atoms with Crippen LogP contribution in [0.4, 0.5) is 0 Å². The Morgan fingerprint density at radius 1 is 1.04 bits per heavy atom. The van der Waals surface area contributed by atoms with Gasteiger partial charge in [-0.1, -0.05) is 43.2 Å². The van der Waals surface area contributed by atoms with Crippen LogP contribution in [0, 0.1) is 5.92 Å². The zero-order valence-corrected chi connectivity index (χ0v) is 16.5. The topological polar surface area (TPSA) is 69.7 Å². The van der Waals surface area contributed by atoms with Crippen molar-refractivity contribution < 1.29 is 13.2 Å². The summed E-state index contributed by atoms with van der Waals surface area (Å²) >= 11 is 0. The summed E-state index contributed by atoms with van der Waals surface area (Å²) in [4.78, 5) is 14.7. The third-order valence-corrected chi connectivity index (χ3v) is 8.15. The maximum atomic E-state index is 12.9. The van der Waals surface area contributed by atoms with Crippen LogP contribution in [0.2, 0.25) is 0 Å². The van der Waals surface area contributed by atoms with E-state index in [1.54, 1.807) is 0 Å². The smallest absolute Gasteiger partial charge is 0.239 e. The predicted molar refractivity (Wildman–Crippen MR) is 105 cm³/mol. The highest BCUT2D eigenvalue weighted by Gasteiger charge is 2.40. The number of nitrogens with zero attached hydrogens (tertiary/aromatic N) is 2. The normalized spacial score (nSPS) is 29.5. The molecule has 1 amide bonds. The van der Waals surface area contributed by atoms with Crippen LogP contribution >= 0.6 is 0 Å². The minimum atomic E-state index is -3.34. The third kappa shape index (κ3) is 4.20. The molecule has 1 N–H and O–H groups in total. The zero-order chi connectivity index (χ0) is 18.9. The lowest BCUT2D eigenvalue weighted by atomic mass is 9.85. The van der Waals surface area contributed by atoms with Crippen molar-refractivity contribution in [3.63, 3.8) is 0 Å². The number of fused-ring (bicyclic) bond motifs is 1. The number of carbonyl (C=O) groups excluding carboxylic acids is 1. The van der Waals surface area contributed by atoms with Crippen LogP contribution in [-0.2, 0) is 20.6 Å². The lowest BCUT2D eigenvalue weighted by Gasteiger charge is -2.35. The minimum absolute atomic E-state index is 0.0231. The number of carbonyl (C=O) groups is 1. The molecule has 148 valence electrons. The van der Waals surface area contributed by atoms with E-state index in [0.717, 1.165) is 12.0 Å². The highest BCUT2D eigenvalue weighted by molar-refractivity contribution is 7.88. The molecule has 3 aliphatic rings. The Labute approximate surface area is 162 Å². The van der Waals surface area contributed by atoms with E-state index < -0.39 is 10.0 Å². The molecule has 2 heterocycles. The van der Waals surface area contributed by atoms with Crippen LogP contribution in [0.15, 0.2) is 30.3 Å². The van der Waals surface area contributed by atoms with Gasteiger partial charge in [-0.3, -0.25) is 4.79 Å². The van der Waals surface area contributed by atoms with E-state index in [1.165, 1.54) is 30.0 Å². The average Bonchev–Trinajstić information content (AvgIpc) is 3.12. The first kappa shape index (κ1) is 18.9. The van der Waals surface area contributed by atoms with Gasteiger partial charge in [0.15, 0.2) is 0 Å². The summed E-state index contributed by atoms with van der Waals surface area (Å²) in [5.74, 6) is 0.819. The van der Waals surface area contributed by atoms with Crippen LogP contribution < -0.4 is 5.32 Å². The summed E-state index contributed by atoms with van der Waals surface area (Å²) < 4.78 is 26.9. The van der Waals surface area contributed by atoms with Gasteiger partial charge in [0.25, 0.3) is 0 Å². The fourth-order valence-corrected chi connectivity index (χ4v) is 6.31. The molecule has 3 unspecified atom stereocenters. The van der Waals surface area contributed by atoms with Crippen molar-refractivity contribution in [1.29, 1.82) is 0 Å². The molecule has 3 fully saturated rings. The van der Waals surface area contributed by atoms with Gasteiger partial charge in [0.1, 0.15) is 0 Å². The fraction of sp³-hybridized carbons (Fsp3) is 0.650. The molecule has 2 saturated heterocycles. The van der Waals surface area contributed by atoms with Gasteiger partial charge >= 0.3 is 0 Å². The summed E-state index contributed by atoms with van der Waals surface area (Å²) in [6, 6.07) is 9.69. The SMILES string of the molecule is O=C(C1CC2CCCCC2N1)N1CCN(S(=O)(=O)Cc2ccccc2)CC1. The molecule has 27 heavy (non-hydrogen) atoms. The molecule has 3 atom stereocenters. The summed E-state index contributed by atoms with van der Waals surface area (Å²) in [5, 5.41) is 3.54. The first-order valence-electron chi connectivity index (χ1n) is 10.1. The zero-order valence-electron chi connectivity index (χ0n) is 15.7. The Kier molecular flexibility index (Phi) is 5.53. The molecule has 0 spiro atoms. The summed E-state index contributed by atoms with van der Waals surface area (Å²) in [6.45, 7) is 1.75. The van der Waals surface area contributed by atoms with Gasteiger partial charge in [0.05, 0.1) is 11.8 Å². The van der Waals surface area contributed by atoms with Crippen LogP contribution in [0.25, 0.3) is 0 Å². The molecular weight excluding hydrogens is 362 g/mol. The molecule has 0 radical (unpaired) electrons. The van der Waals surface area contributed by atoms with Crippen molar-refractivity contribution in [2.24, 2.45) is 5.92 Å². The van der Waals surface area contributed by atoms with Crippen molar-refractivity contribution in [3.05, 3.63) is 35.9 Å². The molecule has 7 heteroatoms. The maximum Gasteiger partial charge on any atom is 0.239 e. The van der Waals surface area contributed by atoms with Crippen LogP contribution in [0.5, 0.6) is 0 Å². The van der Waals surface area contributed by atoms with E-state index >= 15 is 0 Å². The number of amides is 1. The second-order valence-electron chi connectivity index (χ2n) is 8.07. The third-order valence-electron chi connectivity index (χ3n) is 6.30. The van der Waals surface area contributed by atoms with Crippen molar-refractivity contribution in [2.75, 3.05) is 26.2 Å². The molecule has 2 aliphatic heterocycles. The molecule has 1 aromatic carbocycles.